The molecular weight excluding hydrogens is 316 g/mol. The second-order valence-electron chi connectivity index (χ2n) is 6.33. The van der Waals surface area contributed by atoms with Gasteiger partial charge in [-0.1, -0.05) is 12.1 Å². The van der Waals surface area contributed by atoms with Gasteiger partial charge in [-0.15, -0.1) is 0 Å². The summed E-state index contributed by atoms with van der Waals surface area (Å²) in [6, 6.07) is 8.20. The Bertz CT molecular complexity index is 917. The quantitative estimate of drug-likeness (QED) is 0.793. The highest BCUT2D eigenvalue weighted by Gasteiger charge is 2.21. The van der Waals surface area contributed by atoms with E-state index in [4.69, 9.17) is 0 Å². The first kappa shape index (κ1) is 15.6. The molecule has 128 valence electrons. The van der Waals surface area contributed by atoms with Crippen molar-refractivity contribution in [2.75, 3.05) is 16.8 Å². The van der Waals surface area contributed by atoms with Crippen molar-refractivity contribution in [1.29, 1.82) is 0 Å². The molecule has 2 aromatic heterocycles. The van der Waals surface area contributed by atoms with Gasteiger partial charge in [0.2, 0.25) is 5.91 Å². The summed E-state index contributed by atoms with van der Waals surface area (Å²) in [5.41, 5.74) is 2.90. The smallest absolute Gasteiger partial charge is 0.227 e. The van der Waals surface area contributed by atoms with E-state index in [1.165, 1.54) is 0 Å². The van der Waals surface area contributed by atoms with Crippen LogP contribution in [-0.4, -0.2) is 32.2 Å². The van der Waals surface area contributed by atoms with Gasteiger partial charge < -0.3 is 10.2 Å². The van der Waals surface area contributed by atoms with Gasteiger partial charge in [-0.05, 0) is 31.0 Å². The van der Waals surface area contributed by atoms with Crippen molar-refractivity contribution < 1.29 is 4.79 Å². The Hall–Kier alpha value is -2.96. The normalized spacial score (nSPS) is 15.8. The van der Waals surface area contributed by atoms with Crippen molar-refractivity contribution in [2.24, 2.45) is 7.05 Å². The summed E-state index contributed by atoms with van der Waals surface area (Å²) in [5, 5.41) is 8.56. The Morgan fingerprint density at radius 2 is 2.00 bits per heavy atom. The molecule has 1 atom stereocenters. The zero-order chi connectivity index (χ0) is 17.4. The molecule has 1 fully saturated rings. The van der Waals surface area contributed by atoms with Gasteiger partial charge in [0.1, 0.15) is 12.1 Å². The molecule has 0 saturated carbocycles. The molecule has 0 aliphatic carbocycles. The number of benzene rings is 1. The molecule has 1 aliphatic heterocycles. The second kappa shape index (κ2) is 6.16. The first-order chi connectivity index (χ1) is 12.1. The average Bonchev–Trinajstić information content (AvgIpc) is 3.22. The van der Waals surface area contributed by atoms with Crippen LogP contribution >= 0.6 is 0 Å². The van der Waals surface area contributed by atoms with Crippen LogP contribution in [0.3, 0.4) is 0 Å². The van der Waals surface area contributed by atoms with Crippen molar-refractivity contribution in [2.45, 2.75) is 25.8 Å². The molecule has 1 N–H and O–H groups in total. The number of nitrogens with one attached hydrogen (secondary N) is 1. The van der Waals surface area contributed by atoms with E-state index in [0.717, 1.165) is 41.1 Å². The molecule has 4 rings (SSSR count). The van der Waals surface area contributed by atoms with E-state index in [0.29, 0.717) is 6.42 Å². The standard InChI is InChI=1S/C18H20N6O/c1-12(22-17-15-10-21-23(2)18(15)20-11-19-17)13-5-7-14(8-6-13)24-9-3-4-16(24)25/h5-8,10-12H,3-4,9H2,1-2H3,(H,19,20,22). The molecule has 7 nitrogen and oxygen atoms in total. The summed E-state index contributed by atoms with van der Waals surface area (Å²) < 4.78 is 1.73. The van der Waals surface area contributed by atoms with Crippen molar-refractivity contribution in [3.05, 3.63) is 42.4 Å². The molecule has 25 heavy (non-hydrogen) atoms. The minimum absolute atomic E-state index is 0.0710. The number of rotatable bonds is 4. The Balaban J connectivity index is 1.54. The molecular formula is C18H20N6O. The van der Waals surface area contributed by atoms with Crippen molar-refractivity contribution in [1.82, 2.24) is 19.7 Å². The summed E-state index contributed by atoms with van der Waals surface area (Å²) in [6.07, 6.45) is 4.90. The summed E-state index contributed by atoms with van der Waals surface area (Å²) in [4.78, 5) is 22.3. The maximum atomic E-state index is 11.9. The first-order valence-electron chi connectivity index (χ1n) is 8.43. The van der Waals surface area contributed by atoms with Crippen LogP contribution in [0.1, 0.15) is 31.4 Å². The molecule has 0 radical (unpaired) electrons. The highest BCUT2D eigenvalue weighted by molar-refractivity contribution is 5.95. The Morgan fingerprint density at radius 1 is 1.20 bits per heavy atom. The molecule has 1 saturated heterocycles. The lowest BCUT2D eigenvalue weighted by molar-refractivity contribution is -0.117. The number of fused-ring (bicyclic) bond motifs is 1. The number of aryl methyl sites for hydroxylation is 1. The van der Waals surface area contributed by atoms with Crippen LogP contribution in [0.4, 0.5) is 11.5 Å². The Kier molecular flexibility index (Phi) is 3.83. The molecule has 1 unspecified atom stereocenters. The van der Waals surface area contributed by atoms with Crippen LogP contribution in [0.25, 0.3) is 11.0 Å². The third-order valence-corrected chi connectivity index (χ3v) is 4.66. The summed E-state index contributed by atoms with van der Waals surface area (Å²) in [7, 11) is 1.86. The van der Waals surface area contributed by atoms with E-state index >= 15 is 0 Å². The molecule has 0 bridgehead atoms. The highest BCUT2D eigenvalue weighted by atomic mass is 16.2. The molecule has 1 aromatic carbocycles. The fourth-order valence-electron chi connectivity index (χ4n) is 3.23. The lowest BCUT2D eigenvalue weighted by Gasteiger charge is -2.19. The van der Waals surface area contributed by atoms with Crippen LogP contribution in [0.5, 0.6) is 0 Å². The fourth-order valence-corrected chi connectivity index (χ4v) is 3.23. The fraction of sp³-hybridized carbons (Fsp3) is 0.333. The predicted molar refractivity (Wildman–Crippen MR) is 96.4 cm³/mol. The van der Waals surface area contributed by atoms with Crippen molar-refractivity contribution in [3.63, 3.8) is 0 Å². The number of hydrogen-bond acceptors (Lipinski definition) is 5. The third-order valence-electron chi connectivity index (χ3n) is 4.66. The first-order valence-corrected chi connectivity index (χ1v) is 8.43. The molecule has 1 aliphatic rings. The van der Waals surface area contributed by atoms with Crippen LogP contribution in [0, 0.1) is 0 Å². The molecule has 1 amide bonds. The zero-order valence-corrected chi connectivity index (χ0v) is 14.3. The second-order valence-corrected chi connectivity index (χ2v) is 6.33. The molecule has 3 aromatic rings. The van der Waals surface area contributed by atoms with E-state index in [1.807, 2.05) is 24.1 Å². The van der Waals surface area contributed by atoms with E-state index in [1.54, 1.807) is 17.2 Å². The topological polar surface area (TPSA) is 75.9 Å². The minimum atomic E-state index is 0.0710. The highest BCUT2D eigenvalue weighted by Crippen LogP contribution is 2.26. The van der Waals surface area contributed by atoms with E-state index in [-0.39, 0.29) is 11.9 Å². The van der Waals surface area contributed by atoms with Crippen molar-refractivity contribution in [3.8, 4) is 0 Å². The largest absolute Gasteiger partial charge is 0.363 e. The van der Waals surface area contributed by atoms with Crippen molar-refractivity contribution >= 4 is 28.4 Å². The summed E-state index contributed by atoms with van der Waals surface area (Å²) in [6.45, 7) is 2.90. The number of carbonyl (C=O) groups is 1. The number of nitrogens with zero attached hydrogens (tertiary/aromatic N) is 5. The van der Waals surface area contributed by atoms with Gasteiger partial charge in [0.05, 0.1) is 11.6 Å². The maximum Gasteiger partial charge on any atom is 0.227 e. The maximum absolute atomic E-state index is 11.9. The SMILES string of the molecule is CC(Nc1ncnc2c1cnn2C)c1ccc(N2CCCC2=O)cc1. The zero-order valence-electron chi connectivity index (χ0n) is 14.3. The monoisotopic (exact) mass is 336 g/mol. The Labute approximate surface area is 145 Å². The van der Waals surface area contributed by atoms with E-state index in [2.05, 4.69) is 39.4 Å². The number of anilines is 2. The van der Waals surface area contributed by atoms with Crippen LogP contribution in [0.2, 0.25) is 0 Å². The summed E-state index contributed by atoms with van der Waals surface area (Å²) >= 11 is 0. The third kappa shape index (κ3) is 2.82. The number of aromatic nitrogens is 4. The van der Waals surface area contributed by atoms with Crippen LogP contribution in [-0.2, 0) is 11.8 Å². The lowest BCUT2D eigenvalue weighted by Crippen LogP contribution is -2.23. The molecule has 7 heteroatoms. The number of hydrogen-bond donors (Lipinski definition) is 1. The number of amides is 1. The minimum Gasteiger partial charge on any atom is -0.363 e. The van der Waals surface area contributed by atoms with Gasteiger partial charge in [0.25, 0.3) is 0 Å². The number of carbonyl (C=O) groups excluding carboxylic acids is 1. The van der Waals surface area contributed by atoms with Gasteiger partial charge in [0.15, 0.2) is 5.65 Å². The molecule has 3 heterocycles. The lowest BCUT2D eigenvalue weighted by atomic mass is 10.1. The molecule has 0 spiro atoms. The Morgan fingerprint density at radius 3 is 2.72 bits per heavy atom. The van der Waals surface area contributed by atoms with E-state index < -0.39 is 0 Å². The van der Waals surface area contributed by atoms with E-state index in [9.17, 15) is 4.79 Å². The van der Waals surface area contributed by atoms with Crippen LogP contribution < -0.4 is 10.2 Å². The van der Waals surface area contributed by atoms with Crippen LogP contribution in [0.15, 0.2) is 36.8 Å². The van der Waals surface area contributed by atoms with Gasteiger partial charge >= 0.3 is 0 Å². The van der Waals surface area contributed by atoms with Gasteiger partial charge in [-0.3, -0.25) is 9.48 Å². The van der Waals surface area contributed by atoms with Gasteiger partial charge in [-0.25, -0.2) is 9.97 Å². The average molecular weight is 336 g/mol. The van der Waals surface area contributed by atoms with Gasteiger partial charge in [0, 0.05) is 31.7 Å². The summed E-state index contributed by atoms with van der Waals surface area (Å²) in [5.74, 6) is 0.975. The van der Waals surface area contributed by atoms with Gasteiger partial charge in [-0.2, -0.15) is 5.10 Å². The predicted octanol–water partition coefficient (Wildman–Crippen LogP) is 2.66.